The first-order valence-corrected chi connectivity index (χ1v) is 7.81. The molecular weight excluding hydrogens is 340 g/mol. The molecule has 0 bridgehead atoms. The van der Waals surface area contributed by atoms with E-state index in [4.69, 9.17) is 14.2 Å². The van der Waals surface area contributed by atoms with Crippen LogP contribution in [0.3, 0.4) is 0 Å². The third kappa shape index (κ3) is 3.53. The van der Waals surface area contributed by atoms with Crippen molar-refractivity contribution in [3.8, 4) is 0 Å². The second kappa shape index (κ2) is 6.40. The van der Waals surface area contributed by atoms with Gasteiger partial charge in [0.15, 0.2) is 23.3 Å². The van der Waals surface area contributed by atoms with E-state index in [1.54, 1.807) is 0 Å². The molecular formula is C18H14F4O3. The zero-order valence-corrected chi connectivity index (χ0v) is 12.9. The molecule has 4 rings (SSSR count). The number of halogens is 4. The smallest absolute Gasteiger partial charge is 0.159 e. The monoisotopic (exact) mass is 354 g/mol. The second-order valence-electron chi connectivity index (χ2n) is 6.07. The zero-order valence-electron chi connectivity index (χ0n) is 12.9. The highest BCUT2D eigenvalue weighted by molar-refractivity contribution is 5.25. The van der Waals surface area contributed by atoms with E-state index in [0.29, 0.717) is 24.3 Å². The van der Waals surface area contributed by atoms with Crippen molar-refractivity contribution in [2.45, 2.75) is 24.4 Å². The summed E-state index contributed by atoms with van der Waals surface area (Å²) < 4.78 is 70.0. The molecule has 132 valence electrons. The van der Waals surface area contributed by atoms with Gasteiger partial charge in [0.25, 0.3) is 0 Å². The van der Waals surface area contributed by atoms with E-state index in [9.17, 15) is 17.6 Å². The fraction of sp³-hybridized carbons (Fsp3) is 0.333. The van der Waals surface area contributed by atoms with Gasteiger partial charge in [0.05, 0.1) is 13.2 Å². The third-order valence-electron chi connectivity index (χ3n) is 4.23. The third-order valence-corrected chi connectivity index (χ3v) is 4.23. The molecule has 0 amide bonds. The van der Waals surface area contributed by atoms with Crippen molar-refractivity contribution in [3.63, 3.8) is 0 Å². The highest BCUT2D eigenvalue weighted by Gasteiger charge is 2.42. The molecule has 2 aromatic carbocycles. The zero-order chi connectivity index (χ0) is 17.6. The lowest BCUT2D eigenvalue weighted by Crippen LogP contribution is -2.19. The lowest BCUT2D eigenvalue weighted by Gasteiger charge is -2.24. The van der Waals surface area contributed by atoms with E-state index in [-0.39, 0.29) is 12.2 Å². The summed E-state index contributed by atoms with van der Waals surface area (Å²) in [6.07, 6.45) is -1.96. The number of ether oxygens (including phenoxy) is 3. The number of hydrogen-bond acceptors (Lipinski definition) is 3. The molecule has 2 fully saturated rings. The van der Waals surface area contributed by atoms with Crippen LogP contribution in [0, 0.1) is 23.3 Å². The van der Waals surface area contributed by atoms with Crippen LogP contribution in [0.1, 0.15) is 23.3 Å². The van der Waals surface area contributed by atoms with Gasteiger partial charge in [0.1, 0.15) is 24.4 Å². The second-order valence-corrected chi connectivity index (χ2v) is 6.07. The van der Waals surface area contributed by atoms with Crippen molar-refractivity contribution >= 4 is 0 Å². The molecule has 0 aromatic heterocycles. The molecule has 0 N–H and O–H groups in total. The van der Waals surface area contributed by atoms with Crippen molar-refractivity contribution in [3.05, 3.63) is 70.8 Å². The topological polar surface area (TPSA) is 34.3 Å². The molecule has 4 atom stereocenters. The van der Waals surface area contributed by atoms with Crippen molar-refractivity contribution in [1.82, 2.24) is 0 Å². The van der Waals surface area contributed by atoms with Crippen molar-refractivity contribution in [2.24, 2.45) is 0 Å². The average molecular weight is 354 g/mol. The van der Waals surface area contributed by atoms with E-state index in [2.05, 4.69) is 0 Å². The van der Waals surface area contributed by atoms with Crippen LogP contribution in [-0.4, -0.2) is 25.4 Å². The molecule has 2 saturated heterocycles. The molecule has 3 nitrogen and oxygen atoms in total. The normalized spacial score (nSPS) is 24.0. The predicted molar refractivity (Wildman–Crippen MR) is 78.8 cm³/mol. The largest absolute Gasteiger partial charge is 0.370 e. The molecule has 2 aliphatic heterocycles. The van der Waals surface area contributed by atoms with E-state index in [1.807, 2.05) is 0 Å². The van der Waals surface area contributed by atoms with Gasteiger partial charge in [-0.3, -0.25) is 0 Å². The van der Waals surface area contributed by atoms with Crippen LogP contribution < -0.4 is 0 Å². The van der Waals surface area contributed by atoms with Crippen LogP contribution in [0.15, 0.2) is 36.4 Å². The first-order chi connectivity index (χ1) is 12.0. The van der Waals surface area contributed by atoms with E-state index < -0.39 is 35.5 Å². The molecule has 2 aromatic rings. The van der Waals surface area contributed by atoms with Crippen molar-refractivity contribution < 1.29 is 31.8 Å². The fourth-order valence-electron chi connectivity index (χ4n) is 2.76. The summed E-state index contributed by atoms with van der Waals surface area (Å²) in [4.78, 5) is 0. The summed E-state index contributed by atoms with van der Waals surface area (Å²) in [5.41, 5.74) is 0.823. The van der Waals surface area contributed by atoms with E-state index in [0.717, 1.165) is 24.3 Å². The maximum Gasteiger partial charge on any atom is 0.159 e. The average Bonchev–Trinajstić information content (AvgIpc) is 3.46. The molecule has 0 spiro atoms. The van der Waals surface area contributed by atoms with Crippen LogP contribution in [0.25, 0.3) is 0 Å². The van der Waals surface area contributed by atoms with Gasteiger partial charge in [0.2, 0.25) is 0 Å². The van der Waals surface area contributed by atoms with Crippen LogP contribution in [0.5, 0.6) is 0 Å². The van der Waals surface area contributed by atoms with Gasteiger partial charge < -0.3 is 14.2 Å². The Labute approximate surface area is 141 Å². The van der Waals surface area contributed by atoms with Gasteiger partial charge in [-0.25, -0.2) is 17.6 Å². The molecule has 0 radical (unpaired) electrons. The first-order valence-electron chi connectivity index (χ1n) is 7.81. The number of benzene rings is 2. The lowest BCUT2D eigenvalue weighted by atomic mass is 10.0. The Balaban J connectivity index is 1.62. The Kier molecular flexibility index (Phi) is 4.23. The Morgan fingerprint density at radius 3 is 1.44 bits per heavy atom. The highest BCUT2D eigenvalue weighted by Crippen LogP contribution is 2.40. The van der Waals surface area contributed by atoms with E-state index in [1.165, 1.54) is 12.1 Å². The highest BCUT2D eigenvalue weighted by atomic mass is 19.2. The summed E-state index contributed by atoms with van der Waals surface area (Å²) in [7, 11) is 0. The molecule has 2 aliphatic rings. The number of hydrogen-bond donors (Lipinski definition) is 0. The fourth-order valence-corrected chi connectivity index (χ4v) is 2.76. The molecule has 0 aliphatic carbocycles. The van der Waals surface area contributed by atoms with Gasteiger partial charge in [-0.1, -0.05) is 12.1 Å². The molecule has 7 heteroatoms. The van der Waals surface area contributed by atoms with Crippen LogP contribution in [-0.2, 0) is 14.2 Å². The minimum Gasteiger partial charge on any atom is -0.370 e. The summed E-state index contributed by atoms with van der Waals surface area (Å²) in [5.74, 6) is -3.89. The van der Waals surface area contributed by atoms with Crippen molar-refractivity contribution in [2.75, 3.05) is 13.2 Å². The number of epoxide rings is 2. The van der Waals surface area contributed by atoms with Gasteiger partial charge in [-0.05, 0) is 35.4 Å². The summed E-state index contributed by atoms with van der Waals surface area (Å²) in [6, 6.07) is 6.98. The summed E-state index contributed by atoms with van der Waals surface area (Å²) in [5, 5.41) is 0. The Morgan fingerprint density at radius 1 is 0.720 bits per heavy atom. The van der Waals surface area contributed by atoms with Gasteiger partial charge in [-0.2, -0.15) is 0 Å². The Morgan fingerprint density at radius 2 is 1.12 bits per heavy atom. The minimum atomic E-state index is -0.987. The van der Waals surface area contributed by atoms with Crippen LogP contribution in [0.4, 0.5) is 17.6 Å². The van der Waals surface area contributed by atoms with Gasteiger partial charge >= 0.3 is 0 Å². The standard InChI is InChI=1S/C18H14F4O3/c19-11-3-1-9(5-13(11)21)17(15-7-23-15)25-18(16-8-24-16)10-2-4-12(20)14(22)6-10/h1-6,15-18H,7-8H2. The van der Waals surface area contributed by atoms with Crippen LogP contribution in [0.2, 0.25) is 0 Å². The minimum absolute atomic E-state index is 0.309. The molecule has 2 heterocycles. The Bertz CT molecular complexity index is 724. The van der Waals surface area contributed by atoms with Crippen molar-refractivity contribution in [1.29, 1.82) is 0 Å². The quantitative estimate of drug-likeness (QED) is 0.584. The maximum atomic E-state index is 13.6. The van der Waals surface area contributed by atoms with Gasteiger partial charge in [0, 0.05) is 0 Å². The summed E-state index contributed by atoms with van der Waals surface area (Å²) in [6.45, 7) is 0.833. The predicted octanol–water partition coefficient (Wildman–Crippen LogP) is 3.84. The molecule has 4 unspecified atom stereocenters. The first kappa shape index (κ1) is 16.5. The van der Waals surface area contributed by atoms with Crippen LogP contribution >= 0.6 is 0 Å². The van der Waals surface area contributed by atoms with E-state index >= 15 is 0 Å². The Hall–Kier alpha value is -1.96. The maximum absolute atomic E-state index is 13.6. The van der Waals surface area contributed by atoms with Gasteiger partial charge in [-0.15, -0.1) is 0 Å². The molecule has 0 saturated carbocycles. The number of rotatable bonds is 6. The molecule has 25 heavy (non-hydrogen) atoms. The SMILES string of the molecule is Fc1ccc(C(OC(c2ccc(F)c(F)c2)C2CO2)C2CO2)cc1F. The lowest BCUT2D eigenvalue weighted by molar-refractivity contribution is -0.0422. The summed E-state index contributed by atoms with van der Waals surface area (Å²) >= 11 is 0.